The maximum atomic E-state index is 13.1. The third-order valence-corrected chi connectivity index (χ3v) is 10.8. The summed E-state index contributed by atoms with van der Waals surface area (Å²) in [6, 6.07) is -1.49. The van der Waals surface area contributed by atoms with Gasteiger partial charge in [0, 0.05) is 13.1 Å². The van der Waals surface area contributed by atoms with Crippen LogP contribution >= 0.6 is 0 Å². The highest BCUT2D eigenvalue weighted by Crippen LogP contribution is 2.23. The lowest BCUT2D eigenvalue weighted by atomic mass is 10.1. The normalized spacial score (nSPS) is 21.1. The summed E-state index contributed by atoms with van der Waals surface area (Å²) >= 11 is 0. The lowest BCUT2D eigenvalue weighted by Gasteiger charge is -2.24. The average Bonchev–Trinajstić information content (AvgIpc) is 3.97. The Morgan fingerprint density at radius 1 is 0.439 bits per heavy atom. The predicted molar refractivity (Wildman–Crippen MR) is 282 cm³/mol. The Kier molecular flexibility index (Phi) is 38.0. The number of hydrogen-bond donors (Lipinski definition) is 13. The maximum absolute atomic E-state index is 13.1. The van der Waals surface area contributed by atoms with Crippen LogP contribution < -0.4 is 16.0 Å². The third kappa shape index (κ3) is 39.8. The van der Waals surface area contributed by atoms with Crippen molar-refractivity contribution in [3.8, 4) is 0 Å². The van der Waals surface area contributed by atoms with E-state index in [-0.39, 0.29) is 151 Å². The number of amides is 3. The van der Waals surface area contributed by atoms with Gasteiger partial charge in [-0.2, -0.15) is 0 Å². The van der Waals surface area contributed by atoms with Crippen LogP contribution in [0.4, 0.5) is 4.79 Å². The van der Waals surface area contributed by atoms with Gasteiger partial charge in [0.25, 0.3) is 0 Å². The molecule has 13 N–H and O–H groups in total. The summed E-state index contributed by atoms with van der Waals surface area (Å²) in [4.78, 5) is 38.5. The van der Waals surface area contributed by atoms with E-state index in [1.807, 2.05) is 0 Å². The van der Waals surface area contributed by atoms with Gasteiger partial charge in [0.05, 0.1) is 164 Å². The van der Waals surface area contributed by atoms with E-state index in [1.54, 1.807) is 48.5 Å². The van der Waals surface area contributed by atoms with Crippen molar-refractivity contribution in [1.29, 1.82) is 0 Å². The van der Waals surface area contributed by atoms with Crippen LogP contribution in [0.5, 0.6) is 0 Å². The molecule has 0 spiro atoms. The second-order valence-electron chi connectivity index (χ2n) is 21.8. The first kappa shape index (κ1) is 75.3. The fourth-order valence-electron chi connectivity index (χ4n) is 7.08. The fourth-order valence-corrected chi connectivity index (χ4v) is 7.08. The molecule has 0 bridgehead atoms. The molecule has 0 aromatic carbocycles. The van der Waals surface area contributed by atoms with E-state index in [9.17, 15) is 65.4 Å². The molecule has 31 nitrogen and oxygen atoms in total. The molecular formula is C51H97N3O28. The average molecular weight is 1200 g/mol. The Bertz CT molecular complexity index is 1690. The number of ether oxygens (including phenoxy) is 15. The van der Waals surface area contributed by atoms with Crippen LogP contribution in [0.15, 0.2) is 0 Å². The number of carbonyl (C=O) groups excluding carboxylic acids is 3. The minimum atomic E-state index is -1.49. The molecule has 2 aliphatic rings. The quantitative estimate of drug-likeness (QED) is 0.0270. The smallest absolute Gasteiger partial charge is 0.408 e. The summed E-state index contributed by atoms with van der Waals surface area (Å²) in [7, 11) is 0. The number of rotatable bonds is 48. The van der Waals surface area contributed by atoms with Crippen LogP contribution in [0.2, 0.25) is 0 Å². The van der Waals surface area contributed by atoms with Crippen molar-refractivity contribution in [2.45, 2.75) is 151 Å². The number of aliphatic hydroxyl groups excluding tert-OH is 10. The molecule has 0 saturated carbocycles. The van der Waals surface area contributed by atoms with Crippen molar-refractivity contribution < 1.29 is 137 Å². The Hall–Kier alpha value is -2.75. The standard InChI is InChI=1S/C51H97N3O28/c1-49(2,3)82-48(67)54-45(47(66)53-10-34(56)12-69-14-36(58)16-71-18-38(60)20-73-22-40(62)24-75-26-42(64)28-77-30-44-32-79-51(6,7)81-44)8-46(65)52-9-33(55)11-68-13-35(57)15-70-17-37(59)19-72-21-39(61)23-74-25-41(63)27-76-29-43-31-78-50(4,5)80-43/h33-45,55-64H,8-32H2,1-7H3,(H,52,65)(H,53,66)(H,54,67)/t33?,34?,35?,36?,37?,38?,39?,40?,41?,42?,43?,44?,45-/m1/s1. The van der Waals surface area contributed by atoms with Crippen molar-refractivity contribution in [1.82, 2.24) is 16.0 Å². The minimum Gasteiger partial charge on any atom is -0.444 e. The van der Waals surface area contributed by atoms with E-state index in [1.165, 1.54) is 0 Å². The summed E-state index contributed by atoms with van der Waals surface area (Å²) in [5, 5.41) is 109. The van der Waals surface area contributed by atoms with Crippen LogP contribution in [-0.2, 0) is 80.6 Å². The first-order valence-electron chi connectivity index (χ1n) is 27.3. The van der Waals surface area contributed by atoms with Crippen LogP contribution in [0.1, 0.15) is 54.9 Å². The highest BCUT2D eigenvalue weighted by atomic mass is 16.8. The van der Waals surface area contributed by atoms with Crippen molar-refractivity contribution in [3.63, 3.8) is 0 Å². The fraction of sp³-hybridized carbons (Fsp3) is 0.941. The van der Waals surface area contributed by atoms with Crippen LogP contribution in [0.3, 0.4) is 0 Å². The molecule has 12 unspecified atom stereocenters. The number of alkyl carbamates (subject to hydrolysis) is 1. The lowest BCUT2D eigenvalue weighted by molar-refractivity contribution is -0.147. The van der Waals surface area contributed by atoms with Gasteiger partial charge >= 0.3 is 6.09 Å². The van der Waals surface area contributed by atoms with Gasteiger partial charge in [-0.15, -0.1) is 0 Å². The Morgan fingerprint density at radius 2 is 0.707 bits per heavy atom. The molecule has 2 aliphatic heterocycles. The van der Waals surface area contributed by atoms with Gasteiger partial charge in [0.2, 0.25) is 11.8 Å². The first-order valence-corrected chi connectivity index (χ1v) is 27.3. The zero-order chi connectivity index (χ0) is 61.1. The number of nitrogens with one attached hydrogen (secondary N) is 3. The van der Waals surface area contributed by atoms with E-state index < -0.39 is 115 Å². The second kappa shape index (κ2) is 41.4. The summed E-state index contributed by atoms with van der Waals surface area (Å²) in [5.74, 6) is -2.98. The number of aliphatic hydroxyl groups is 10. The summed E-state index contributed by atoms with van der Waals surface area (Å²) in [5.41, 5.74) is -0.954. The number of hydrogen-bond acceptors (Lipinski definition) is 28. The third-order valence-electron chi connectivity index (χ3n) is 10.8. The van der Waals surface area contributed by atoms with Gasteiger partial charge in [-0.1, -0.05) is 0 Å². The molecule has 484 valence electrons. The zero-order valence-electron chi connectivity index (χ0n) is 48.5. The molecule has 0 aromatic rings. The first-order chi connectivity index (χ1) is 38.6. The molecule has 13 atom stereocenters. The SMILES string of the molecule is CC(C)(C)OC(=O)N[C@H](CC(=O)NCC(O)COCC(O)COCC(O)COCC(O)COCC(O)COCC1COC(C)(C)O1)C(=O)NCC(O)COCC(O)COCC(O)COCC(O)COCC(O)COCC1COC(C)(C)O1. The van der Waals surface area contributed by atoms with Gasteiger partial charge < -0.3 is 138 Å². The molecule has 31 heteroatoms. The molecule has 3 amide bonds. The van der Waals surface area contributed by atoms with Crippen LogP contribution in [-0.4, -0.2) is 324 Å². The van der Waals surface area contributed by atoms with Crippen molar-refractivity contribution in [2.24, 2.45) is 0 Å². The van der Waals surface area contributed by atoms with E-state index in [2.05, 4.69) is 16.0 Å². The van der Waals surface area contributed by atoms with Gasteiger partial charge in [0.15, 0.2) is 11.6 Å². The molecule has 2 saturated heterocycles. The monoisotopic (exact) mass is 1200 g/mol. The topological polar surface area (TPSA) is 428 Å². The highest BCUT2D eigenvalue weighted by Gasteiger charge is 2.34. The molecular weight excluding hydrogens is 1100 g/mol. The van der Waals surface area contributed by atoms with Gasteiger partial charge in [-0.3, -0.25) is 9.59 Å². The van der Waals surface area contributed by atoms with E-state index in [4.69, 9.17) is 71.1 Å². The lowest BCUT2D eigenvalue weighted by Crippen LogP contribution is -2.52. The Labute approximate surface area is 479 Å². The molecule has 2 rings (SSSR count). The minimum absolute atomic E-state index is 0.00305. The van der Waals surface area contributed by atoms with Crippen molar-refractivity contribution >= 4 is 17.9 Å². The zero-order valence-corrected chi connectivity index (χ0v) is 48.5. The molecule has 82 heavy (non-hydrogen) atoms. The molecule has 0 radical (unpaired) electrons. The van der Waals surface area contributed by atoms with Crippen molar-refractivity contribution in [3.05, 3.63) is 0 Å². The second-order valence-corrected chi connectivity index (χ2v) is 21.8. The van der Waals surface area contributed by atoms with E-state index in [0.717, 1.165) is 0 Å². The van der Waals surface area contributed by atoms with E-state index >= 15 is 0 Å². The Morgan fingerprint density at radius 3 is 0.976 bits per heavy atom. The van der Waals surface area contributed by atoms with E-state index in [0.29, 0.717) is 13.2 Å². The molecule has 2 heterocycles. The largest absolute Gasteiger partial charge is 0.444 e. The Balaban J connectivity index is 1.54. The van der Waals surface area contributed by atoms with Crippen LogP contribution in [0.25, 0.3) is 0 Å². The highest BCUT2D eigenvalue weighted by molar-refractivity contribution is 5.90. The predicted octanol–water partition coefficient (Wildman–Crippen LogP) is -5.42. The summed E-state index contributed by atoms with van der Waals surface area (Å²) < 4.78 is 80.6. The molecule has 2 fully saturated rings. The molecule has 0 aromatic heterocycles. The summed E-state index contributed by atoms with van der Waals surface area (Å²) in [6.45, 7) is 9.11. The van der Waals surface area contributed by atoms with Crippen LogP contribution in [0, 0.1) is 0 Å². The van der Waals surface area contributed by atoms with Gasteiger partial charge in [-0.05, 0) is 48.5 Å². The summed E-state index contributed by atoms with van der Waals surface area (Å²) in [6.07, 6.45) is -13.1. The van der Waals surface area contributed by atoms with Gasteiger partial charge in [-0.25, -0.2) is 4.79 Å². The maximum Gasteiger partial charge on any atom is 0.408 e. The van der Waals surface area contributed by atoms with Crippen molar-refractivity contribution in [2.75, 3.05) is 158 Å². The molecule has 0 aliphatic carbocycles. The van der Waals surface area contributed by atoms with Gasteiger partial charge in [0.1, 0.15) is 72.7 Å². The number of carbonyl (C=O) groups is 3.